The summed E-state index contributed by atoms with van der Waals surface area (Å²) in [7, 11) is 0. The highest BCUT2D eigenvalue weighted by Gasteiger charge is 2.49. The van der Waals surface area contributed by atoms with Gasteiger partial charge >= 0.3 is 6.09 Å². The first-order valence-corrected chi connectivity index (χ1v) is 11.8. The molecule has 5 rings (SSSR count). The van der Waals surface area contributed by atoms with Gasteiger partial charge in [-0.1, -0.05) is 13.0 Å². The van der Waals surface area contributed by atoms with Crippen molar-refractivity contribution < 1.29 is 23.5 Å². The summed E-state index contributed by atoms with van der Waals surface area (Å²) < 4.78 is 25.2. The summed E-state index contributed by atoms with van der Waals surface area (Å²) in [5, 5.41) is 0. The van der Waals surface area contributed by atoms with Crippen molar-refractivity contribution in [3.63, 3.8) is 0 Å². The minimum atomic E-state index is -1.02. The van der Waals surface area contributed by atoms with Crippen LogP contribution in [0.3, 0.4) is 0 Å². The maximum absolute atomic E-state index is 13.7. The summed E-state index contributed by atoms with van der Waals surface area (Å²) in [6.07, 6.45) is 3.41. The Labute approximate surface area is 198 Å². The summed E-state index contributed by atoms with van der Waals surface area (Å²) >= 11 is 0. The van der Waals surface area contributed by atoms with Gasteiger partial charge < -0.3 is 19.3 Å². The Morgan fingerprint density at radius 3 is 2.91 bits per heavy atom. The molecule has 2 amide bonds. The molecule has 34 heavy (non-hydrogen) atoms. The number of carbonyl (C=O) groups is 2. The number of hydrogen-bond donors (Lipinski definition) is 0. The Balaban J connectivity index is 1.34. The van der Waals surface area contributed by atoms with Crippen LogP contribution in [0.1, 0.15) is 30.1 Å². The van der Waals surface area contributed by atoms with Crippen LogP contribution in [0.15, 0.2) is 42.6 Å². The van der Waals surface area contributed by atoms with Crippen molar-refractivity contribution in [2.24, 2.45) is 5.92 Å². The van der Waals surface area contributed by atoms with E-state index in [1.54, 1.807) is 29.3 Å². The van der Waals surface area contributed by atoms with Gasteiger partial charge in [0.25, 0.3) is 5.91 Å². The number of rotatable bonds is 3. The largest absolute Gasteiger partial charge is 0.436 e. The van der Waals surface area contributed by atoms with Crippen LogP contribution in [0.4, 0.5) is 20.7 Å². The topological polar surface area (TPSA) is 75.2 Å². The molecule has 3 fully saturated rings. The number of piperidine rings is 1. The van der Waals surface area contributed by atoms with E-state index in [1.165, 1.54) is 23.5 Å². The molecule has 2 aromatic rings. The van der Waals surface area contributed by atoms with Gasteiger partial charge in [-0.05, 0) is 49.1 Å². The molecule has 3 saturated heterocycles. The Morgan fingerprint density at radius 1 is 1.21 bits per heavy atom. The van der Waals surface area contributed by atoms with Gasteiger partial charge in [0.05, 0.1) is 32.0 Å². The lowest BCUT2D eigenvalue weighted by Crippen LogP contribution is -2.49. The molecule has 1 spiro atoms. The third-order valence-corrected chi connectivity index (χ3v) is 6.70. The van der Waals surface area contributed by atoms with Crippen LogP contribution in [-0.2, 0) is 9.47 Å². The zero-order valence-electron chi connectivity index (χ0n) is 19.3. The molecule has 3 aliphatic heterocycles. The standard InChI is InChI=1S/C25H29FN4O4/c1-18-4-3-9-28(14-18)22-12-19(7-8-27-22)23(31)29-10-11-33-17-25(15-29)16-30(24(32)34-25)21-6-2-5-20(26)13-21/h2,5-8,12-13,18H,3-4,9-11,14-17H2,1H3/t18-,25+/m0/s1. The van der Waals surface area contributed by atoms with Crippen molar-refractivity contribution in [1.29, 1.82) is 0 Å². The number of nitrogens with zero attached hydrogens (tertiary/aromatic N) is 4. The molecule has 3 aliphatic rings. The molecule has 2 atom stereocenters. The van der Waals surface area contributed by atoms with Crippen LogP contribution in [-0.4, -0.2) is 73.4 Å². The highest BCUT2D eigenvalue weighted by atomic mass is 19.1. The molecule has 0 unspecified atom stereocenters. The number of ether oxygens (including phenoxy) is 2. The highest BCUT2D eigenvalue weighted by molar-refractivity contribution is 5.95. The minimum Gasteiger partial charge on any atom is -0.436 e. The summed E-state index contributed by atoms with van der Waals surface area (Å²) in [5.41, 5.74) is -0.0570. The first kappa shape index (κ1) is 22.6. The van der Waals surface area contributed by atoms with Crippen LogP contribution in [0.5, 0.6) is 0 Å². The van der Waals surface area contributed by atoms with Crippen LogP contribution >= 0.6 is 0 Å². The number of benzene rings is 1. The SMILES string of the molecule is C[C@H]1CCCN(c2cc(C(=O)N3CCOC[C@@]4(C3)CN(c3cccc(F)c3)C(=O)O4)ccn2)C1. The molecule has 180 valence electrons. The molecule has 0 N–H and O–H groups in total. The normalized spacial score (nSPS) is 25.4. The van der Waals surface area contributed by atoms with Gasteiger partial charge in [-0.2, -0.15) is 0 Å². The first-order chi connectivity index (χ1) is 16.4. The Hall–Kier alpha value is -3.20. The highest BCUT2D eigenvalue weighted by Crippen LogP contribution is 2.31. The number of aromatic nitrogens is 1. The molecule has 0 aliphatic carbocycles. The molecular formula is C25H29FN4O4. The average Bonchev–Trinajstić information content (AvgIpc) is 3.02. The van der Waals surface area contributed by atoms with Gasteiger partial charge in [0.1, 0.15) is 11.6 Å². The monoisotopic (exact) mass is 468 g/mol. The van der Waals surface area contributed by atoms with Gasteiger partial charge in [0.15, 0.2) is 5.60 Å². The fourth-order valence-corrected chi connectivity index (χ4v) is 5.01. The number of pyridine rings is 1. The molecule has 1 aromatic heterocycles. The molecular weight excluding hydrogens is 439 g/mol. The van der Waals surface area contributed by atoms with E-state index in [0.717, 1.165) is 25.3 Å². The molecule has 0 saturated carbocycles. The van der Waals surface area contributed by atoms with E-state index in [-0.39, 0.29) is 25.6 Å². The predicted octanol–water partition coefficient (Wildman–Crippen LogP) is 3.33. The predicted molar refractivity (Wildman–Crippen MR) is 125 cm³/mol. The quantitative estimate of drug-likeness (QED) is 0.688. The lowest BCUT2D eigenvalue weighted by molar-refractivity contribution is -0.0140. The third-order valence-electron chi connectivity index (χ3n) is 6.70. The van der Waals surface area contributed by atoms with Crippen molar-refractivity contribution >= 4 is 23.5 Å². The first-order valence-electron chi connectivity index (χ1n) is 11.8. The van der Waals surface area contributed by atoms with Gasteiger partial charge in [-0.15, -0.1) is 0 Å². The van der Waals surface area contributed by atoms with E-state index in [0.29, 0.717) is 30.3 Å². The van der Waals surface area contributed by atoms with E-state index in [4.69, 9.17) is 9.47 Å². The summed E-state index contributed by atoms with van der Waals surface area (Å²) in [5.74, 6) is 0.814. The van der Waals surface area contributed by atoms with Crippen molar-refractivity contribution in [2.45, 2.75) is 25.4 Å². The average molecular weight is 469 g/mol. The molecule has 0 bridgehead atoms. The maximum atomic E-state index is 13.7. The lowest BCUT2D eigenvalue weighted by Gasteiger charge is -2.32. The van der Waals surface area contributed by atoms with Gasteiger partial charge in [-0.25, -0.2) is 14.2 Å². The van der Waals surface area contributed by atoms with E-state index in [9.17, 15) is 14.0 Å². The van der Waals surface area contributed by atoms with Crippen molar-refractivity contribution in [3.8, 4) is 0 Å². The van der Waals surface area contributed by atoms with Crippen LogP contribution in [0.2, 0.25) is 0 Å². The van der Waals surface area contributed by atoms with Crippen molar-refractivity contribution in [1.82, 2.24) is 9.88 Å². The summed E-state index contributed by atoms with van der Waals surface area (Å²) in [6.45, 7) is 5.35. The number of amides is 2. The van der Waals surface area contributed by atoms with E-state index in [1.807, 2.05) is 6.07 Å². The number of anilines is 2. The fourth-order valence-electron chi connectivity index (χ4n) is 5.01. The van der Waals surface area contributed by atoms with E-state index < -0.39 is 17.5 Å². The fraction of sp³-hybridized carbons (Fsp3) is 0.480. The Kier molecular flexibility index (Phi) is 6.12. The summed E-state index contributed by atoms with van der Waals surface area (Å²) in [4.78, 5) is 36.0. The second-order valence-corrected chi connectivity index (χ2v) is 9.49. The minimum absolute atomic E-state index is 0.154. The van der Waals surface area contributed by atoms with E-state index >= 15 is 0 Å². The number of carbonyl (C=O) groups excluding carboxylic acids is 2. The smallest absolute Gasteiger partial charge is 0.415 e. The second kappa shape index (κ2) is 9.21. The van der Waals surface area contributed by atoms with Crippen LogP contribution in [0, 0.1) is 11.7 Å². The lowest BCUT2D eigenvalue weighted by atomic mass is 10.0. The maximum Gasteiger partial charge on any atom is 0.415 e. The summed E-state index contributed by atoms with van der Waals surface area (Å²) in [6, 6.07) is 9.39. The Morgan fingerprint density at radius 2 is 2.09 bits per heavy atom. The Bertz CT molecular complexity index is 1080. The molecule has 8 nitrogen and oxygen atoms in total. The molecule has 9 heteroatoms. The van der Waals surface area contributed by atoms with Crippen LogP contribution in [0.25, 0.3) is 0 Å². The zero-order valence-corrected chi connectivity index (χ0v) is 19.3. The number of hydrogen-bond acceptors (Lipinski definition) is 6. The molecule has 0 radical (unpaired) electrons. The van der Waals surface area contributed by atoms with Crippen LogP contribution < -0.4 is 9.80 Å². The second-order valence-electron chi connectivity index (χ2n) is 9.49. The van der Waals surface area contributed by atoms with E-state index in [2.05, 4.69) is 16.8 Å². The van der Waals surface area contributed by atoms with Crippen molar-refractivity contribution in [3.05, 3.63) is 54.0 Å². The molecule has 4 heterocycles. The van der Waals surface area contributed by atoms with Gasteiger partial charge in [0.2, 0.25) is 0 Å². The third kappa shape index (κ3) is 4.57. The molecule has 1 aromatic carbocycles. The zero-order chi connectivity index (χ0) is 23.7. The van der Waals surface area contributed by atoms with Gasteiger partial charge in [0, 0.05) is 31.4 Å². The number of halogens is 1. The van der Waals surface area contributed by atoms with Crippen molar-refractivity contribution in [2.75, 3.05) is 55.7 Å². The van der Waals surface area contributed by atoms with Gasteiger partial charge in [-0.3, -0.25) is 9.69 Å².